The van der Waals surface area contributed by atoms with Gasteiger partial charge < -0.3 is 5.11 Å². The van der Waals surface area contributed by atoms with E-state index in [0.29, 0.717) is 24.9 Å². The minimum atomic E-state index is -3.09. The Morgan fingerprint density at radius 1 is 1.33 bits per heavy atom. The summed E-state index contributed by atoms with van der Waals surface area (Å²) in [7, 11) is -3.09. The van der Waals surface area contributed by atoms with Crippen LogP contribution in [0.5, 0.6) is 0 Å². The Bertz CT molecular complexity index is 414. The Kier molecular flexibility index (Phi) is 6.69. The molecular formula is C16H33NO3S. The standard InChI is InChI=1S/C16H33NO3S/c1-13(11-16(2,3)4)9-15(18)10-14-7-6-8-17(12-14)21(5,19)20/h13-15,18H,6-12H2,1-5H3. The maximum Gasteiger partial charge on any atom is 0.211 e. The lowest BCUT2D eigenvalue weighted by Gasteiger charge is -2.32. The highest BCUT2D eigenvalue weighted by molar-refractivity contribution is 7.88. The van der Waals surface area contributed by atoms with Crippen molar-refractivity contribution in [3.05, 3.63) is 0 Å². The van der Waals surface area contributed by atoms with Gasteiger partial charge in [0.15, 0.2) is 0 Å². The smallest absolute Gasteiger partial charge is 0.211 e. The lowest BCUT2D eigenvalue weighted by molar-refractivity contribution is 0.0934. The van der Waals surface area contributed by atoms with Crippen molar-refractivity contribution in [2.24, 2.45) is 17.3 Å². The van der Waals surface area contributed by atoms with Gasteiger partial charge in [-0.05, 0) is 49.4 Å². The van der Waals surface area contributed by atoms with Crippen molar-refractivity contribution in [3.63, 3.8) is 0 Å². The van der Waals surface area contributed by atoms with Crippen molar-refractivity contribution in [3.8, 4) is 0 Å². The second-order valence-electron chi connectivity index (χ2n) is 8.12. The zero-order chi connectivity index (χ0) is 16.3. The van der Waals surface area contributed by atoms with Gasteiger partial charge in [0, 0.05) is 13.1 Å². The van der Waals surface area contributed by atoms with Gasteiger partial charge in [0.1, 0.15) is 0 Å². The van der Waals surface area contributed by atoms with Gasteiger partial charge >= 0.3 is 0 Å². The van der Waals surface area contributed by atoms with Gasteiger partial charge in [-0.1, -0.05) is 27.7 Å². The molecule has 4 nitrogen and oxygen atoms in total. The molecule has 3 unspecified atom stereocenters. The summed E-state index contributed by atoms with van der Waals surface area (Å²) in [6.45, 7) is 10.1. The van der Waals surface area contributed by atoms with Crippen LogP contribution in [0.2, 0.25) is 0 Å². The van der Waals surface area contributed by atoms with Crippen LogP contribution in [0.25, 0.3) is 0 Å². The number of aliphatic hydroxyl groups is 1. The number of piperidine rings is 1. The summed E-state index contributed by atoms with van der Waals surface area (Å²) in [6, 6.07) is 0. The molecule has 126 valence electrons. The van der Waals surface area contributed by atoms with Crippen LogP contribution in [0.4, 0.5) is 0 Å². The SMILES string of the molecule is CC(CC(O)CC1CCCN(S(C)(=O)=O)C1)CC(C)(C)C. The van der Waals surface area contributed by atoms with Crippen LogP contribution in [-0.4, -0.2) is 43.3 Å². The third kappa shape index (κ3) is 7.61. The number of aliphatic hydroxyl groups excluding tert-OH is 1. The highest BCUT2D eigenvalue weighted by Gasteiger charge is 2.28. The highest BCUT2D eigenvalue weighted by atomic mass is 32.2. The highest BCUT2D eigenvalue weighted by Crippen LogP contribution is 2.29. The van der Waals surface area contributed by atoms with Crippen molar-refractivity contribution >= 4 is 10.0 Å². The lowest BCUT2D eigenvalue weighted by atomic mass is 9.82. The van der Waals surface area contributed by atoms with E-state index in [2.05, 4.69) is 27.7 Å². The lowest BCUT2D eigenvalue weighted by Crippen LogP contribution is -2.40. The van der Waals surface area contributed by atoms with E-state index in [4.69, 9.17) is 0 Å². The summed E-state index contributed by atoms with van der Waals surface area (Å²) in [5, 5.41) is 10.3. The summed E-state index contributed by atoms with van der Waals surface area (Å²) >= 11 is 0. The van der Waals surface area contributed by atoms with Crippen molar-refractivity contribution < 1.29 is 13.5 Å². The largest absolute Gasteiger partial charge is 0.393 e. The number of nitrogens with zero attached hydrogens (tertiary/aromatic N) is 1. The summed E-state index contributed by atoms with van der Waals surface area (Å²) < 4.78 is 24.8. The second-order valence-corrected chi connectivity index (χ2v) is 10.1. The third-order valence-electron chi connectivity index (χ3n) is 4.19. The molecular weight excluding hydrogens is 286 g/mol. The van der Waals surface area contributed by atoms with Crippen LogP contribution >= 0.6 is 0 Å². The van der Waals surface area contributed by atoms with Crippen LogP contribution in [0.15, 0.2) is 0 Å². The number of rotatable bonds is 6. The first kappa shape index (κ1) is 18.9. The van der Waals surface area contributed by atoms with Crippen LogP contribution in [0, 0.1) is 17.3 Å². The van der Waals surface area contributed by atoms with E-state index in [1.165, 1.54) is 6.26 Å². The molecule has 1 heterocycles. The van der Waals surface area contributed by atoms with Crippen LogP contribution < -0.4 is 0 Å². The molecule has 0 bridgehead atoms. The van der Waals surface area contributed by atoms with E-state index in [1.54, 1.807) is 4.31 Å². The predicted molar refractivity (Wildman–Crippen MR) is 87.6 cm³/mol. The zero-order valence-electron chi connectivity index (χ0n) is 14.3. The molecule has 0 aromatic carbocycles. The quantitative estimate of drug-likeness (QED) is 0.819. The molecule has 0 aromatic rings. The average Bonchev–Trinajstić information content (AvgIpc) is 2.24. The fourth-order valence-corrected chi connectivity index (χ4v) is 4.54. The monoisotopic (exact) mass is 319 g/mol. The van der Waals surface area contributed by atoms with Gasteiger partial charge in [-0.3, -0.25) is 0 Å². The predicted octanol–water partition coefficient (Wildman–Crippen LogP) is 2.87. The van der Waals surface area contributed by atoms with Gasteiger partial charge in [0.05, 0.1) is 12.4 Å². The van der Waals surface area contributed by atoms with E-state index in [9.17, 15) is 13.5 Å². The molecule has 1 aliphatic rings. The van der Waals surface area contributed by atoms with Crippen molar-refractivity contribution in [1.82, 2.24) is 4.31 Å². The molecule has 0 amide bonds. The summed E-state index contributed by atoms with van der Waals surface area (Å²) in [5.41, 5.74) is 0.289. The molecule has 0 aromatic heterocycles. The first-order chi connectivity index (χ1) is 9.47. The van der Waals surface area contributed by atoms with Crippen LogP contribution in [0.3, 0.4) is 0 Å². The Morgan fingerprint density at radius 2 is 1.95 bits per heavy atom. The third-order valence-corrected chi connectivity index (χ3v) is 5.46. The molecule has 0 aliphatic carbocycles. The molecule has 1 saturated heterocycles. The molecule has 5 heteroatoms. The van der Waals surface area contributed by atoms with E-state index in [-0.39, 0.29) is 11.5 Å². The first-order valence-electron chi connectivity index (χ1n) is 8.10. The van der Waals surface area contributed by atoms with Gasteiger partial charge in [0.25, 0.3) is 0 Å². The van der Waals surface area contributed by atoms with Crippen molar-refractivity contribution in [2.45, 2.75) is 65.9 Å². The molecule has 3 atom stereocenters. The fourth-order valence-electron chi connectivity index (χ4n) is 3.59. The Hall–Kier alpha value is -0.130. The normalized spacial score (nSPS) is 24.8. The van der Waals surface area contributed by atoms with Gasteiger partial charge in [-0.2, -0.15) is 0 Å². The Morgan fingerprint density at radius 3 is 2.48 bits per heavy atom. The van der Waals surface area contributed by atoms with Crippen LogP contribution in [-0.2, 0) is 10.0 Å². The zero-order valence-corrected chi connectivity index (χ0v) is 15.1. The minimum absolute atomic E-state index is 0.289. The molecule has 1 aliphatic heterocycles. The maximum atomic E-state index is 11.6. The molecule has 21 heavy (non-hydrogen) atoms. The first-order valence-corrected chi connectivity index (χ1v) is 9.95. The molecule has 0 radical (unpaired) electrons. The summed E-state index contributed by atoms with van der Waals surface area (Å²) in [6.07, 6.45) is 5.53. The number of hydrogen-bond acceptors (Lipinski definition) is 3. The van der Waals surface area contributed by atoms with Crippen LogP contribution in [0.1, 0.15) is 59.8 Å². The van der Waals surface area contributed by atoms with E-state index in [0.717, 1.165) is 32.1 Å². The number of hydrogen-bond donors (Lipinski definition) is 1. The summed E-state index contributed by atoms with van der Waals surface area (Å²) in [5.74, 6) is 0.792. The van der Waals surface area contributed by atoms with Gasteiger partial charge in [-0.15, -0.1) is 0 Å². The molecule has 0 saturated carbocycles. The van der Waals surface area contributed by atoms with Gasteiger partial charge in [-0.25, -0.2) is 12.7 Å². The Labute approximate surface area is 131 Å². The molecule has 1 N–H and O–H groups in total. The fraction of sp³-hybridized carbons (Fsp3) is 1.00. The van der Waals surface area contributed by atoms with E-state index >= 15 is 0 Å². The average molecular weight is 320 g/mol. The second kappa shape index (κ2) is 7.42. The van der Waals surface area contributed by atoms with Crippen molar-refractivity contribution in [1.29, 1.82) is 0 Å². The topological polar surface area (TPSA) is 57.6 Å². The van der Waals surface area contributed by atoms with Gasteiger partial charge in [0.2, 0.25) is 10.0 Å². The molecule has 1 rings (SSSR count). The Balaban J connectivity index is 2.42. The minimum Gasteiger partial charge on any atom is -0.393 e. The van der Waals surface area contributed by atoms with E-state index < -0.39 is 10.0 Å². The molecule has 1 fully saturated rings. The summed E-state index contributed by atoms with van der Waals surface area (Å²) in [4.78, 5) is 0. The number of sulfonamides is 1. The molecule has 0 spiro atoms. The van der Waals surface area contributed by atoms with Crippen molar-refractivity contribution in [2.75, 3.05) is 19.3 Å². The maximum absolute atomic E-state index is 11.6. The van der Waals surface area contributed by atoms with E-state index in [1.807, 2.05) is 0 Å².